The number of rotatable bonds is 5. The number of imide groups is 1. The first kappa shape index (κ1) is 18.3. The van der Waals surface area contributed by atoms with Gasteiger partial charge in [0.1, 0.15) is 6.35 Å². The molecule has 1 saturated heterocycles. The summed E-state index contributed by atoms with van der Waals surface area (Å²) in [6, 6.07) is 2.42. The lowest BCUT2D eigenvalue weighted by molar-refractivity contribution is -0.144. The highest BCUT2D eigenvalue weighted by atomic mass is 31.2. The molecule has 0 spiro atoms. The topological polar surface area (TPSA) is 164 Å². The minimum atomic E-state index is -4.44. The number of carbonyl (C=O) groups is 2. The first-order valence-corrected chi connectivity index (χ1v) is 7.92. The van der Waals surface area contributed by atoms with Gasteiger partial charge in [-0.3, -0.25) is 19.6 Å². The van der Waals surface area contributed by atoms with Crippen molar-refractivity contribution in [2.24, 2.45) is 0 Å². The molecule has 124 valence electrons. The Bertz CT molecular complexity index is 585. The Kier molecular flexibility index (Phi) is 5.49. The summed E-state index contributed by atoms with van der Waals surface area (Å²) in [5.41, 5.74) is -1.54. The number of urea groups is 1. The highest BCUT2D eigenvalue weighted by Gasteiger charge is 2.48. The minimum absolute atomic E-state index is 0. The van der Waals surface area contributed by atoms with Gasteiger partial charge in [0.05, 0.1) is 12.8 Å². The fourth-order valence-electron chi connectivity index (χ4n) is 1.97. The number of ether oxygens (including phenoxy) is 1. The van der Waals surface area contributed by atoms with E-state index in [9.17, 15) is 14.2 Å². The number of amides is 3. The molecule has 10 nitrogen and oxygen atoms in total. The number of furan rings is 1. The lowest BCUT2D eigenvalue weighted by Gasteiger charge is -2.39. The van der Waals surface area contributed by atoms with Crippen LogP contribution in [-0.2, 0) is 14.1 Å². The van der Waals surface area contributed by atoms with Crippen molar-refractivity contribution in [2.75, 3.05) is 17.8 Å². The van der Waals surface area contributed by atoms with Crippen molar-refractivity contribution in [3.63, 3.8) is 0 Å². The van der Waals surface area contributed by atoms with E-state index >= 15 is 0 Å². The van der Waals surface area contributed by atoms with Crippen molar-refractivity contribution in [1.82, 2.24) is 11.5 Å². The third-order valence-corrected chi connectivity index (χ3v) is 3.61. The predicted octanol–water partition coefficient (Wildman–Crippen LogP) is 0.798. The van der Waals surface area contributed by atoms with Crippen molar-refractivity contribution in [1.29, 1.82) is 0 Å². The molecular formula is C11H18N3O7P. The summed E-state index contributed by atoms with van der Waals surface area (Å²) < 4.78 is 21.2. The van der Waals surface area contributed by atoms with Gasteiger partial charge in [0.15, 0.2) is 5.60 Å². The predicted molar refractivity (Wildman–Crippen MR) is 75.6 cm³/mol. The van der Waals surface area contributed by atoms with Gasteiger partial charge in [-0.2, -0.15) is 0 Å². The normalized spacial score (nSPS) is 22.2. The molecule has 1 aromatic heterocycles. The molecule has 0 aliphatic carbocycles. The van der Waals surface area contributed by atoms with E-state index in [0.717, 1.165) is 4.90 Å². The van der Waals surface area contributed by atoms with Crippen molar-refractivity contribution >= 4 is 25.4 Å². The average molecular weight is 335 g/mol. The van der Waals surface area contributed by atoms with Crippen LogP contribution in [0.1, 0.15) is 13.3 Å². The van der Waals surface area contributed by atoms with E-state index in [4.69, 9.17) is 18.9 Å². The van der Waals surface area contributed by atoms with Crippen LogP contribution in [0.5, 0.6) is 0 Å². The summed E-state index contributed by atoms with van der Waals surface area (Å²) in [4.78, 5) is 42.8. The molecule has 22 heavy (non-hydrogen) atoms. The van der Waals surface area contributed by atoms with E-state index in [0.29, 0.717) is 0 Å². The van der Waals surface area contributed by atoms with E-state index in [1.165, 1.54) is 12.3 Å². The first-order chi connectivity index (χ1) is 9.77. The zero-order valence-corrected chi connectivity index (χ0v) is 12.8. The molecule has 6 N–H and O–H groups in total. The van der Waals surface area contributed by atoms with Gasteiger partial charge in [0.25, 0.3) is 5.91 Å². The van der Waals surface area contributed by atoms with Crippen molar-refractivity contribution in [2.45, 2.75) is 18.9 Å². The maximum absolute atomic E-state index is 12.0. The quantitative estimate of drug-likeness (QED) is 0.574. The second kappa shape index (κ2) is 6.59. The molecule has 0 saturated carbocycles. The minimum Gasteiger partial charge on any atom is -0.448 e. The molecule has 1 aliphatic rings. The van der Waals surface area contributed by atoms with E-state index in [1.54, 1.807) is 13.0 Å². The maximum atomic E-state index is 12.0. The number of nitrogens with one attached hydrogen (secondary N) is 1. The summed E-state index contributed by atoms with van der Waals surface area (Å²) in [7, 11) is -4.44. The average Bonchev–Trinajstić information content (AvgIpc) is 2.91. The molecule has 2 rings (SSSR count). The Hall–Kier alpha value is -1.71. The highest BCUT2D eigenvalue weighted by molar-refractivity contribution is 7.51. The fraction of sp³-hybridized carbons (Fsp3) is 0.455. The van der Waals surface area contributed by atoms with Gasteiger partial charge in [-0.1, -0.05) is 6.92 Å². The molecule has 1 atom stereocenters. The van der Waals surface area contributed by atoms with Crippen LogP contribution < -0.4 is 16.4 Å². The lowest BCUT2D eigenvalue weighted by Crippen LogP contribution is -2.65. The first-order valence-electron chi connectivity index (χ1n) is 6.12. The summed E-state index contributed by atoms with van der Waals surface area (Å²) in [6.45, 7) is 1.43. The zero-order chi connectivity index (χ0) is 15.7. The summed E-state index contributed by atoms with van der Waals surface area (Å²) in [5, 5.41) is 2.11. The number of carbonyl (C=O) groups excluding carboxylic acids is 2. The molecule has 1 fully saturated rings. The van der Waals surface area contributed by atoms with Crippen LogP contribution in [0.15, 0.2) is 22.8 Å². The van der Waals surface area contributed by atoms with Gasteiger partial charge in [0, 0.05) is 6.07 Å². The van der Waals surface area contributed by atoms with Gasteiger partial charge in [-0.15, -0.1) is 0 Å². The molecule has 1 aromatic rings. The Labute approximate surface area is 126 Å². The second-order valence-electron chi connectivity index (χ2n) is 4.58. The zero-order valence-electron chi connectivity index (χ0n) is 11.9. The highest BCUT2D eigenvalue weighted by Crippen LogP contribution is 2.37. The third-order valence-electron chi connectivity index (χ3n) is 3.15. The molecule has 0 aromatic carbocycles. The summed E-state index contributed by atoms with van der Waals surface area (Å²) in [6.07, 6.45) is 0.584. The van der Waals surface area contributed by atoms with E-state index in [1.807, 2.05) is 0 Å². The van der Waals surface area contributed by atoms with Gasteiger partial charge in [-0.25, -0.2) is 4.79 Å². The summed E-state index contributed by atoms with van der Waals surface area (Å²) >= 11 is 0. The van der Waals surface area contributed by atoms with Crippen molar-refractivity contribution in [3.8, 4) is 0 Å². The fourth-order valence-corrected chi connectivity index (χ4v) is 2.39. The van der Waals surface area contributed by atoms with E-state index in [-0.39, 0.29) is 25.0 Å². The van der Waals surface area contributed by atoms with Crippen LogP contribution in [0.4, 0.5) is 10.7 Å². The van der Waals surface area contributed by atoms with Crippen LogP contribution in [0.25, 0.3) is 0 Å². The lowest BCUT2D eigenvalue weighted by atomic mass is 9.96. The Morgan fingerprint density at radius 1 is 1.50 bits per heavy atom. The number of nitrogens with zero attached hydrogens (tertiary/aromatic N) is 1. The maximum Gasteiger partial charge on any atom is 0.351 e. The SMILES string of the molecule is CCC1(OCP(=O)(O)O)CN(c2ccco2)C(=O)NC1=O.N. The Balaban J connectivity index is 0.00000242. The molecule has 1 aliphatic heterocycles. The van der Waals surface area contributed by atoms with Gasteiger partial charge < -0.3 is 25.1 Å². The van der Waals surface area contributed by atoms with Crippen LogP contribution in [0.3, 0.4) is 0 Å². The molecule has 1 unspecified atom stereocenters. The monoisotopic (exact) mass is 335 g/mol. The van der Waals surface area contributed by atoms with Crippen LogP contribution in [-0.4, -0.2) is 40.2 Å². The molecule has 11 heteroatoms. The van der Waals surface area contributed by atoms with E-state index in [2.05, 4.69) is 5.32 Å². The second-order valence-corrected chi connectivity index (χ2v) is 6.17. The number of anilines is 1. The standard InChI is InChI=1S/C11H15N2O7P.H3N/c1-2-11(20-7-21(16,17)18)6-13(8-4-3-5-19-8)10(15)12-9(11)14;/h3-5H,2,6-7H2,1H3,(H,12,14,15)(H2,16,17,18);1H3. The molecule has 2 heterocycles. The van der Waals surface area contributed by atoms with Gasteiger partial charge >= 0.3 is 13.6 Å². The number of hydrogen-bond acceptors (Lipinski definition) is 6. The van der Waals surface area contributed by atoms with Crippen molar-refractivity contribution < 1.29 is 33.1 Å². The largest absolute Gasteiger partial charge is 0.448 e. The van der Waals surface area contributed by atoms with Crippen molar-refractivity contribution in [3.05, 3.63) is 18.4 Å². The van der Waals surface area contributed by atoms with Gasteiger partial charge in [-0.05, 0) is 12.5 Å². The number of hydrogen-bond donors (Lipinski definition) is 4. The third kappa shape index (κ3) is 3.73. The van der Waals surface area contributed by atoms with Crippen LogP contribution in [0.2, 0.25) is 0 Å². The molecular weight excluding hydrogens is 317 g/mol. The van der Waals surface area contributed by atoms with Gasteiger partial charge in [0.2, 0.25) is 5.88 Å². The smallest absolute Gasteiger partial charge is 0.351 e. The van der Waals surface area contributed by atoms with Crippen LogP contribution in [0, 0.1) is 0 Å². The molecule has 3 amide bonds. The Morgan fingerprint density at radius 3 is 2.68 bits per heavy atom. The van der Waals surface area contributed by atoms with Crippen LogP contribution >= 0.6 is 7.60 Å². The Morgan fingerprint density at radius 2 is 2.18 bits per heavy atom. The summed E-state index contributed by atoms with van der Waals surface area (Å²) in [5.74, 6) is -0.524. The molecule has 0 bridgehead atoms. The van der Waals surface area contributed by atoms with E-state index < -0.39 is 31.5 Å². The molecule has 0 radical (unpaired) electrons.